The number of carbonyl (C=O) groups excluding carboxylic acids is 2. The Balaban J connectivity index is 1.63. The van der Waals surface area contributed by atoms with Crippen molar-refractivity contribution >= 4 is 44.6 Å². The summed E-state index contributed by atoms with van der Waals surface area (Å²) < 4.78 is 23.7. The molecular formula is C42H48O6. The second-order valence-corrected chi connectivity index (χ2v) is 12.5. The Morgan fingerprint density at radius 2 is 1.10 bits per heavy atom. The molecule has 2 atom stereocenters. The van der Waals surface area contributed by atoms with Gasteiger partial charge in [-0.25, -0.2) is 9.59 Å². The maximum absolute atomic E-state index is 13.6. The predicted molar refractivity (Wildman–Crippen MR) is 195 cm³/mol. The van der Waals surface area contributed by atoms with E-state index >= 15 is 0 Å². The summed E-state index contributed by atoms with van der Waals surface area (Å²) in [4.78, 5) is 26.9. The number of benzene rings is 5. The molecule has 0 bridgehead atoms. The van der Waals surface area contributed by atoms with Gasteiger partial charge in [0.05, 0.1) is 0 Å². The van der Waals surface area contributed by atoms with Gasteiger partial charge in [0, 0.05) is 5.56 Å². The highest BCUT2D eigenvalue weighted by Gasteiger charge is 2.26. The third-order valence-corrected chi connectivity index (χ3v) is 9.06. The molecule has 0 heterocycles. The minimum absolute atomic E-state index is 0.103. The van der Waals surface area contributed by atoms with E-state index in [2.05, 4.69) is 44.2 Å². The Morgan fingerprint density at radius 1 is 0.562 bits per heavy atom. The van der Waals surface area contributed by atoms with Crippen LogP contribution in [0.25, 0.3) is 43.4 Å². The van der Waals surface area contributed by atoms with Gasteiger partial charge in [-0.1, -0.05) is 120 Å². The molecular weight excluding hydrogens is 600 g/mol. The summed E-state index contributed by atoms with van der Waals surface area (Å²) >= 11 is 0. The largest absolute Gasteiger partial charge is 0.514 e. The van der Waals surface area contributed by atoms with Gasteiger partial charge in [0.15, 0.2) is 11.5 Å². The number of carbonyl (C=O) groups is 2. The van der Waals surface area contributed by atoms with E-state index in [1.165, 1.54) is 0 Å². The third kappa shape index (κ3) is 8.46. The Morgan fingerprint density at radius 3 is 1.73 bits per heavy atom. The number of unbranched alkanes of at least 4 members (excludes halogenated alkanes) is 4. The smallest absolute Gasteiger partial charge is 0.431 e. The standard InChI is InChI=1S/C42H48O6/c1-5-9-11-22-33(7-3)45-41(43)47-38-28-32-20-15-16-24-35(32)39(40(38)48-42(44)46-34(8-4)23-12-10-6-2)36-25-17-21-31-26-29-18-13-14-19-30(29)27-37(31)36/h13-21,24-28,33-34H,5-12,22-23H2,1-4H3. The number of ether oxygens (including phenoxy) is 4. The first-order valence-corrected chi connectivity index (χ1v) is 17.7. The van der Waals surface area contributed by atoms with Crippen LogP contribution in [0.4, 0.5) is 9.59 Å². The highest BCUT2D eigenvalue weighted by molar-refractivity contribution is 6.12. The first kappa shape index (κ1) is 34.7. The topological polar surface area (TPSA) is 71.1 Å². The molecule has 0 radical (unpaired) electrons. The highest BCUT2D eigenvalue weighted by Crippen LogP contribution is 2.47. The second kappa shape index (κ2) is 17.0. The minimum atomic E-state index is -0.829. The van der Waals surface area contributed by atoms with Crippen LogP contribution >= 0.6 is 0 Å². The van der Waals surface area contributed by atoms with E-state index in [9.17, 15) is 9.59 Å². The van der Waals surface area contributed by atoms with Crippen LogP contribution in [-0.4, -0.2) is 24.5 Å². The molecule has 0 fully saturated rings. The van der Waals surface area contributed by atoms with Crippen molar-refractivity contribution < 1.29 is 28.5 Å². The first-order valence-electron chi connectivity index (χ1n) is 17.7. The summed E-state index contributed by atoms with van der Waals surface area (Å²) in [7, 11) is 0. The molecule has 0 spiro atoms. The van der Waals surface area contributed by atoms with Gasteiger partial charge in [-0.3, -0.25) is 0 Å². The molecule has 5 aromatic carbocycles. The molecule has 2 unspecified atom stereocenters. The Bertz CT molecular complexity index is 1840. The summed E-state index contributed by atoms with van der Waals surface area (Å²) in [5.41, 5.74) is 1.49. The van der Waals surface area contributed by atoms with E-state index in [0.29, 0.717) is 18.4 Å². The molecule has 0 N–H and O–H groups in total. The number of hydrogen-bond acceptors (Lipinski definition) is 6. The fourth-order valence-electron chi connectivity index (χ4n) is 6.36. The van der Waals surface area contributed by atoms with E-state index < -0.39 is 12.3 Å². The van der Waals surface area contributed by atoms with Crippen molar-refractivity contribution in [2.24, 2.45) is 0 Å². The van der Waals surface area contributed by atoms with Crippen LogP contribution in [0.5, 0.6) is 11.5 Å². The van der Waals surface area contributed by atoms with Crippen molar-refractivity contribution in [1.29, 1.82) is 0 Å². The average Bonchev–Trinajstić information content (AvgIpc) is 3.10. The van der Waals surface area contributed by atoms with Gasteiger partial charge < -0.3 is 18.9 Å². The molecule has 5 rings (SSSR count). The van der Waals surface area contributed by atoms with Gasteiger partial charge in [0.25, 0.3) is 0 Å². The molecule has 0 amide bonds. The van der Waals surface area contributed by atoms with Crippen molar-refractivity contribution in [2.45, 2.75) is 104 Å². The third-order valence-electron chi connectivity index (χ3n) is 9.06. The van der Waals surface area contributed by atoms with Gasteiger partial charge in [-0.2, -0.15) is 0 Å². The molecule has 252 valence electrons. The molecule has 0 aliphatic rings. The van der Waals surface area contributed by atoms with Crippen LogP contribution in [0.15, 0.2) is 84.9 Å². The monoisotopic (exact) mass is 648 g/mol. The van der Waals surface area contributed by atoms with E-state index in [0.717, 1.165) is 89.2 Å². The van der Waals surface area contributed by atoms with E-state index in [1.54, 1.807) is 6.07 Å². The van der Waals surface area contributed by atoms with Crippen molar-refractivity contribution in [3.63, 3.8) is 0 Å². The summed E-state index contributed by atoms with van der Waals surface area (Å²) in [5.74, 6) is 0.227. The fourth-order valence-corrected chi connectivity index (χ4v) is 6.36. The molecule has 0 saturated carbocycles. The van der Waals surface area contributed by atoms with Gasteiger partial charge in [0.2, 0.25) is 0 Å². The SMILES string of the molecule is CCCCCC(CC)OC(=O)Oc1cc2ccccc2c(-c2cccc3cc4ccccc4cc23)c1OC(=O)OC(CC)CCCCC. The molecule has 48 heavy (non-hydrogen) atoms. The zero-order valence-electron chi connectivity index (χ0n) is 28.8. The normalized spacial score (nSPS) is 12.6. The summed E-state index contributed by atoms with van der Waals surface area (Å²) in [6.45, 7) is 8.29. The molecule has 5 aromatic rings. The number of rotatable bonds is 15. The molecule has 0 aliphatic heterocycles. The Kier molecular flexibility index (Phi) is 12.3. The Hall–Kier alpha value is -4.58. The van der Waals surface area contributed by atoms with Gasteiger partial charge in [0.1, 0.15) is 12.2 Å². The first-order chi connectivity index (χ1) is 23.4. The Labute approximate surface area is 284 Å². The molecule has 6 nitrogen and oxygen atoms in total. The fraction of sp³-hybridized carbons (Fsp3) is 0.381. The lowest BCUT2D eigenvalue weighted by atomic mass is 9.91. The summed E-state index contributed by atoms with van der Waals surface area (Å²) in [5, 5.41) is 5.91. The van der Waals surface area contributed by atoms with Gasteiger partial charge in [-0.05, 0) is 94.6 Å². The minimum Gasteiger partial charge on any atom is -0.431 e. The number of hydrogen-bond donors (Lipinski definition) is 0. The molecule has 0 aliphatic carbocycles. The van der Waals surface area contributed by atoms with Crippen LogP contribution in [0, 0.1) is 0 Å². The van der Waals surface area contributed by atoms with Crippen LogP contribution in [-0.2, 0) is 9.47 Å². The van der Waals surface area contributed by atoms with E-state index in [1.807, 2.05) is 62.4 Å². The molecule has 0 saturated heterocycles. The number of fused-ring (bicyclic) bond motifs is 3. The predicted octanol–water partition coefficient (Wildman–Crippen LogP) is 12.6. The van der Waals surface area contributed by atoms with Crippen molar-refractivity contribution in [3.05, 3.63) is 84.9 Å². The van der Waals surface area contributed by atoms with Crippen LogP contribution < -0.4 is 9.47 Å². The zero-order valence-corrected chi connectivity index (χ0v) is 28.8. The lowest BCUT2D eigenvalue weighted by Gasteiger charge is -2.21. The molecule has 6 heteroatoms. The average molecular weight is 649 g/mol. The van der Waals surface area contributed by atoms with Crippen molar-refractivity contribution in [1.82, 2.24) is 0 Å². The van der Waals surface area contributed by atoms with Crippen LogP contribution in [0.1, 0.15) is 91.9 Å². The zero-order chi connectivity index (χ0) is 33.9. The lowest BCUT2D eigenvalue weighted by molar-refractivity contribution is 0.0444. The second-order valence-electron chi connectivity index (χ2n) is 12.5. The maximum atomic E-state index is 13.6. The lowest BCUT2D eigenvalue weighted by Crippen LogP contribution is -2.22. The van der Waals surface area contributed by atoms with E-state index in [-0.39, 0.29) is 23.7 Å². The van der Waals surface area contributed by atoms with Crippen LogP contribution in [0.3, 0.4) is 0 Å². The van der Waals surface area contributed by atoms with Crippen molar-refractivity contribution in [2.75, 3.05) is 0 Å². The van der Waals surface area contributed by atoms with E-state index in [4.69, 9.17) is 18.9 Å². The van der Waals surface area contributed by atoms with Gasteiger partial charge >= 0.3 is 12.3 Å². The van der Waals surface area contributed by atoms with Crippen molar-refractivity contribution in [3.8, 4) is 22.6 Å². The quantitative estimate of drug-likeness (QED) is 0.0487. The summed E-state index contributed by atoms with van der Waals surface area (Å²) in [6.07, 6.45) is 6.90. The summed E-state index contributed by atoms with van der Waals surface area (Å²) in [6, 6.07) is 28.2. The van der Waals surface area contributed by atoms with Gasteiger partial charge in [-0.15, -0.1) is 0 Å². The molecule has 0 aromatic heterocycles. The maximum Gasteiger partial charge on any atom is 0.514 e. The highest BCUT2D eigenvalue weighted by atomic mass is 16.7. The van der Waals surface area contributed by atoms with Crippen LogP contribution in [0.2, 0.25) is 0 Å².